The number of hydrogen-bond donors (Lipinski definition) is 2. The summed E-state index contributed by atoms with van der Waals surface area (Å²) in [6.07, 6.45) is -0.650. The molecule has 0 bridgehead atoms. The van der Waals surface area contributed by atoms with E-state index >= 15 is 0 Å². The third kappa shape index (κ3) is 5.79. The molecule has 0 radical (unpaired) electrons. The van der Waals surface area contributed by atoms with E-state index in [0.717, 1.165) is 5.56 Å². The number of amides is 1. The molecule has 0 spiro atoms. The van der Waals surface area contributed by atoms with Crippen molar-refractivity contribution in [3.05, 3.63) is 69.8 Å². The van der Waals surface area contributed by atoms with Crippen molar-refractivity contribution < 1.29 is 9.72 Å². The van der Waals surface area contributed by atoms with Crippen molar-refractivity contribution in [2.45, 2.75) is 15.2 Å². The summed E-state index contributed by atoms with van der Waals surface area (Å²) in [5, 5.41) is 16.8. The van der Waals surface area contributed by atoms with E-state index in [1.54, 1.807) is 24.3 Å². The molecule has 2 N–H and O–H groups in total. The van der Waals surface area contributed by atoms with Crippen LogP contribution in [0.25, 0.3) is 0 Å². The fraction of sp³-hybridized carbons (Fsp3) is 0.188. The molecule has 1 atom stereocenters. The maximum absolute atomic E-state index is 12.5. The van der Waals surface area contributed by atoms with E-state index in [9.17, 15) is 14.9 Å². The molecule has 2 aromatic carbocycles. The summed E-state index contributed by atoms with van der Waals surface area (Å²) in [5.74, 6) is -0.286. The number of nitrogens with one attached hydrogen (secondary N) is 2. The molecule has 0 aliphatic heterocycles. The van der Waals surface area contributed by atoms with Crippen LogP contribution in [0.4, 0.5) is 11.4 Å². The first-order chi connectivity index (χ1) is 11.7. The van der Waals surface area contributed by atoms with Crippen LogP contribution in [0.2, 0.25) is 0 Å². The van der Waals surface area contributed by atoms with E-state index in [1.807, 2.05) is 19.1 Å². The van der Waals surface area contributed by atoms with Crippen molar-refractivity contribution in [1.29, 1.82) is 0 Å². The molecule has 1 amide bonds. The summed E-state index contributed by atoms with van der Waals surface area (Å²) < 4.78 is -0.863. The topological polar surface area (TPSA) is 84.3 Å². The number of non-ortho nitro benzene ring substituents is 1. The van der Waals surface area contributed by atoms with Gasteiger partial charge in [-0.15, -0.1) is 0 Å². The minimum absolute atomic E-state index is 0.0436. The van der Waals surface area contributed by atoms with Gasteiger partial charge in [-0.05, 0) is 25.1 Å². The highest BCUT2D eigenvalue weighted by Crippen LogP contribution is 2.38. The monoisotopic (exact) mass is 533 g/mol. The first-order valence-corrected chi connectivity index (χ1v) is 9.50. The predicted molar refractivity (Wildman–Crippen MR) is 109 cm³/mol. The Bertz CT molecular complexity index is 776. The summed E-state index contributed by atoms with van der Waals surface area (Å²) in [4.78, 5) is 22.9. The second kappa shape index (κ2) is 8.29. The molecule has 132 valence electrons. The number of aryl methyl sites for hydroxylation is 1. The highest BCUT2D eigenvalue weighted by Gasteiger charge is 2.32. The molecule has 0 heterocycles. The zero-order valence-electron chi connectivity index (χ0n) is 13.0. The molecule has 0 saturated carbocycles. The molecule has 0 fully saturated rings. The Labute approximate surface area is 169 Å². The zero-order chi connectivity index (χ0) is 18.6. The average molecular weight is 536 g/mol. The summed E-state index contributed by atoms with van der Waals surface area (Å²) in [6.45, 7) is 1.94. The lowest BCUT2D eigenvalue weighted by Gasteiger charge is -2.28. The molecule has 0 saturated heterocycles. The number of carbonyl (C=O) groups is 1. The quantitative estimate of drug-likeness (QED) is 0.247. The van der Waals surface area contributed by atoms with E-state index < -0.39 is 13.2 Å². The molecule has 0 unspecified atom stereocenters. The molecule has 2 aromatic rings. The average Bonchev–Trinajstić information content (AvgIpc) is 2.54. The molecule has 0 aliphatic rings. The lowest BCUT2D eigenvalue weighted by Crippen LogP contribution is -2.48. The third-order valence-electron chi connectivity index (χ3n) is 3.28. The number of carbonyl (C=O) groups excluding carboxylic acids is 1. The Hall–Kier alpha value is -1.45. The number of nitro benzene ring substituents is 1. The molecule has 25 heavy (non-hydrogen) atoms. The van der Waals surface area contributed by atoms with Crippen molar-refractivity contribution in [3.63, 3.8) is 0 Å². The van der Waals surface area contributed by atoms with E-state index in [1.165, 1.54) is 12.1 Å². The van der Waals surface area contributed by atoms with Gasteiger partial charge in [0.15, 0.2) is 2.14 Å². The van der Waals surface area contributed by atoms with Gasteiger partial charge in [0.05, 0.1) is 4.92 Å². The maximum Gasteiger partial charge on any atom is 0.271 e. The lowest BCUT2D eigenvalue weighted by molar-refractivity contribution is -0.384. The number of anilines is 1. The number of benzene rings is 2. The summed E-state index contributed by atoms with van der Waals surface area (Å²) in [6, 6.07) is 13.2. The van der Waals surface area contributed by atoms with E-state index in [4.69, 9.17) is 0 Å². The van der Waals surface area contributed by atoms with Crippen LogP contribution in [0, 0.1) is 17.0 Å². The van der Waals surface area contributed by atoms with Crippen LogP contribution >= 0.6 is 47.8 Å². The van der Waals surface area contributed by atoms with Crippen LogP contribution in [0.1, 0.15) is 15.9 Å². The summed E-state index contributed by atoms with van der Waals surface area (Å²) in [7, 11) is 0. The van der Waals surface area contributed by atoms with Crippen molar-refractivity contribution in [2.24, 2.45) is 0 Å². The van der Waals surface area contributed by atoms with Gasteiger partial charge in [0.2, 0.25) is 0 Å². The predicted octanol–water partition coefficient (Wildman–Crippen LogP) is 4.91. The van der Waals surface area contributed by atoms with Gasteiger partial charge in [-0.2, -0.15) is 0 Å². The Morgan fingerprint density at radius 1 is 1.16 bits per heavy atom. The fourth-order valence-corrected chi connectivity index (χ4v) is 2.68. The lowest BCUT2D eigenvalue weighted by atomic mass is 10.1. The second-order valence-corrected chi connectivity index (χ2v) is 12.2. The number of rotatable bonds is 5. The standard InChI is InChI=1S/C16H14Br3N3O3/c1-10-5-7-11(8-6-10)14(23)21-15(16(17,18)19)20-12-3-2-4-13(9-12)22(24)25/h2-9,15,20H,1H3,(H,21,23)/t15-/m1/s1. The third-order valence-corrected chi connectivity index (χ3v) is 4.66. The minimum atomic E-state index is -0.863. The molecule has 9 heteroatoms. The van der Waals surface area contributed by atoms with Crippen molar-refractivity contribution in [2.75, 3.05) is 5.32 Å². The first kappa shape index (κ1) is 19.9. The summed E-state index contributed by atoms with van der Waals surface area (Å²) in [5.41, 5.74) is 2.01. The highest BCUT2D eigenvalue weighted by atomic mass is 80.0. The normalized spacial score (nSPS) is 12.3. The molecular weight excluding hydrogens is 522 g/mol. The number of nitro groups is 1. The molecular formula is C16H14Br3N3O3. The molecule has 0 aromatic heterocycles. The van der Waals surface area contributed by atoms with Gasteiger partial charge in [-0.3, -0.25) is 14.9 Å². The Kier molecular flexibility index (Phi) is 6.59. The van der Waals surface area contributed by atoms with Gasteiger partial charge in [0.1, 0.15) is 6.17 Å². The largest absolute Gasteiger partial charge is 0.363 e. The number of halogens is 3. The van der Waals surface area contributed by atoms with Gasteiger partial charge < -0.3 is 10.6 Å². The summed E-state index contributed by atoms with van der Waals surface area (Å²) >= 11 is 10.2. The van der Waals surface area contributed by atoms with Gasteiger partial charge in [0.25, 0.3) is 11.6 Å². The number of alkyl halides is 3. The number of nitrogens with zero attached hydrogens (tertiary/aromatic N) is 1. The van der Waals surface area contributed by atoms with Crippen LogP contribution in [-0.2, 0) is 0 Å². The van der Waals surface area contributed by atoms with E-state index in [-0.39, 0.29) is 11.6 Å². The second-order valence-electron chi connectivity index (χ2n) is 5.27. The Balaban J connectivity index is 2.19. The van der Waals surface area contributed by atoms with Crippen molar-refractivity contribution >= 4 is 65.1 Å². The van der Waals surface area contributed by atoms with Gasteiger partial charge in [-0.1, -0.05) is 71.6 Å². The van der Waals surface area contributed by atoms with Crippen LogP contribution in [0.5, 0.6) is 0 Å². The smallest absolute Gasteiger partial charge is 0.271 e. The van der Waals surface area contributed by atoms with Crippen LogP contribution in [0.15, 0.2) is 48.5 Å². The molecule has 0 aliphatic carbocycles. The molecule has 6 nitrogen and oxygen atoms in total. The zero-order valence-corrected chi connectivity index (χ0v) is 17.8. The molecule has 2 rings (SSSR count). The van der Waals surface area contributed by atoms with Crippen LogP contribution in [-0.4, -0.2) is 19.1 Å². The van der Waals surface area contributed by atoms with E-state index in [2.05, 4.69) is 58.4 Å². The highest BCUT2D eigenvalue weighted by molar-refractivity contribution is 9.39. The van der Waals surface area contributed by atoms with Crippen LogP contribution < -0.4 is 10.6 Å². The van der Waals surface area contributed by atoms with Gasteiger partial charge >= 0.3 is 0 Å². The van der Waals surface area contributed by atoms with Crippen molar-refractivity contribution in [1.82, 2.24) is 5.32 Å². The fourth-order valence-electron chi connectivity index (χ4n) is 2.00. The van der Waals surface area contributed by atoms with Gasteiger partial charge in [0, 0.05) is 23.4 Å². The minimum Gasteiger partial charge on any atom is -0.363 e. The van der Waals surface area contributed by atoms with Gasteiger partial charge in [-0.25, -0.2) is 0 Å². The SMILES string of the molecule is Cc1ccc(C(=O)N[C@@H](Nc2cccc([N+](=O)[O-])c2)C(Br)(Br)Br)cc1. The first-order valence-electron chi connectivity index (χ1n) is 7.12. The number of hydrogen-bond acceptors (Lipinski definition) is 4. The van der Waals surface area contributed by atoms with Crippen LogP contribution in [0.3, 0.4) is 0 Å². The Morgan fingerprint density at radius 3 is 2.36 bits per heavy atom. The Morgan fingerprint density at radius 2 is 1.80 bits per heavy atom. The van der Waals surface area contributed by atoms with Crippen molar-refractivity contribution in [3.8, 4) is 0 Å². The van der Waals surface area contributed by atoms with E-state index in [0.29, 0.717) is 11.3 Å². The maximum atomic E-state index is 12.5.